The van der Waals surface area contributed by atoms with Crippen molar-refractivity contribution in [1.29, 1.82) is 0 Å². The summed E-state index contributed by atoms with van der Waals surface area (Å²) in [5.41, 5.74) is 3.45. The fraction of sp³-hybridized carbons (Fsp3) is 0.316. The van der Waals surface area contributed by atoms with Crippen molar-refractivity contribution in [3.63, 3.8) is 0 Å². The molecule has 2 aromatic rings. The third-order valence-electron chi connectivity index (χ3n) is 3.89. The van der Waals surface area contributed by atoms with Crippen LogP contribution in [-0.2, 0) is 6.54 Å². The Morgan fingerprint density at radius 1 is 1.21 bits per heavy atom. The predicted octanol–water partition coefficient (Wildman–Crippen LogP) is 3.82. The quantitative estimate of drug-likeness (QED) is 0.696. The van der Waals surface area contributed by atoms with Crippen LogP contribution in [0, 0.1) is 6.92 Å². The van der Waals surface area contributed by atoms with Crippen molar-refractivity contribution < 1.29 is 9.84 Å². The number of ether oxygens (including phenoxy) is 1. The van der Waals surface area contributed by atoms with Gasteiger partial charge in [0.1, 0.15) is 0 Å². The highest BCUT2D eigenvalue weighted by atomic mass is 32.1. The molecule has 0 aliphatic carbocycles. The average Bonchev–Trinajstić information content (AvgIpc) is 2.59. The van der Waals surface area contributed by atoms with E-state index in [-0.39, 0.29) is 11.8 Å². The summed E-state index contributed by atoms with van der Waals surface area (Å²) < 4.78 is 5.12. The molecule has 24 heavy (non-hydrogen) atoms. The first kappa shape index (κ1) is 18.1. The Morgan fingerprint density at radius 3 is 2.54 bits per heavy atom. The van der Waals surface area contributed by atoms with Gasteiger partial charge in [0.25, 0.3) is 0 Å². The molecule has 0 bridgehead atoms. The van der Waals surface area contributed by atoms with Gasteiger partial charge in [-0.2, -0.15) is 0 Å². The molecule has 0 aromatic heterocycles. The molecular weight excluding hydrogens is 320 g/mol. The summed E-state index contributed by atoms with van der Waals surface area (Å²) in [6, 6.07) is 13.9. The number of thiocarbonyl (C=S) groups is 1. The molecule has 0 radical (unpaired) electrons. The summed E-state index contributed by atoms with van der Waals surface area (Å²) in [5, 5.41) is 16.8. The summed E-state index contributed by atoms with van der Waals surface area (Å²) in [7, 11) is 1.53. The maximum Gasteiger partial charge on any atom is 0.167 e. The van der Waals surface area contributed by atoms with Crippen LogP contribution in [0.2, 0.25) is 0 Å². The molecule has 0 saturated carbocycles. The van der Waals surface area contributed by atoms with E-state index >= 15 is 0 Å². The minimum atomic E-state index is 0.132. The zero-order valence-electron chi connectivity index (χ0n) is 14.3. The number of rotatable bonds is 6. The van der Waals surface area contributed by atoms with E-state index in [9.17, 15) is 5.11 Å². The Kier molecular flexibility index (Phi) is 6.44. The zero-order valence-corrected chi connectivity index (χ0v) is 15.1. The summed E-state index contributed by atoms with van der Waals surface area (Å²) in [4.78, 5) is 0. The van der Waals surface area contributed by atoms with Crippen LogP contribution in [0.25, 0.3) is 0 Å². The third kappa shape index (κ3) is 4.86. The van der Waals surface area contributed by atoms with E-state index in [0.717, 1.165) is 12.0 Å². The number of hydrogen-bond donors (Lipinski definition) is 3. The summed E-state index contributed by atoms with van der Waals surface area (Å²) >= 11 is 5.41. The number of methoxy groups -OCH3 is 1. The van der Waals surface area contributed by atoms with Crippen LogP contribution >= 0.6 is 12.2 Å². The topological polar surface area (TPSA) is 53.5 Å². The molecule has 0 aliphatic heterocycles. The minimum absolute atomic E-state index is 0.132. The summed E-state index contributed by atoms with van der Waals surface area (Å²) in [5.74, 6) is 0.589. The van der Waals surface area contributed by atoms with Gasteiger partial charge in [-0.3, -0.25) is 0 Å². The van der Waals surface area contributed by atoms with Crippen molar-refractivity contribution in [3.05, 3.63) is 59.2 Å². The number of benzene rings is 2. The first-order valence-electron chi connectivity index (χ1n) is 8.00. The Morgan fingerprint density at radius 2 is 1.92 bits per heavy atom. The maximum absolute atomic E-state index is 9.63. The van der Waals surface area contributed by atoms with Crippen molar-refractivity contribution in [3.8, 4) is 11.5 Å². The molecule has 0 heterocycles. The highest BCUT2D eigenvalue weighted by molar-refractivity contribution is 7.80. The SMILES string of the molecule is CCC(NC(=S)NCc1ccc(O)c(OC)c1)c1ccc(C)cc1. The van der Waals surface area contributed by atoms with Gasteiger partial charge in [0.15, 0.2) is 16.6 Å². The standard InChI is InChI=1S/C19H24N2O2S/c1-4-16(15-8-5-13(2)6-9-15)21-19(24)20-12-14-7-10-17(22)18(11-14)23-3/h5-11,16,22H,4,12H2,1-3H3,(H2,20,21,24). The number of aryl methyl sites for hydroxylation is 1. The van der Waals surface area contributed by atoms with E-state index in [1.165, 1.54) is 18.2 Å². The van der Waals surface area contributed by atoms with Crippen molar-refractivity contribution in [2.45, 2.75) is 32.9 Å². The Hall–Kier alpha value is -2.27. The fourth-order valence-corrected chi connectivity index (χ4v) is 2.66. The molecule has 5 heteroatoms. The van der Waals surface area contributed by atoms with E-state index in [1.54, 1.807) is 12.1 Å². The fourth-order valence-electron chi connectivity index (χ4n) is 2.44. The average molecular weight is 344 g/mol. The lowest BCUT2D eigenvalue weighted by Gasteiger charge is -2.20. The predicted molar refractivity (Wildman–Crippen MR) is 101 cm³/mol. The second-order valence-corrected chi connectivity index (χ2v) is 6.11. The van der Waals surface area contributed by atoms with Crippen LogP contribution < -0.4 is 15.4 Å². The molecule has 0 aliphatic rings. The molecule has 0 amide bonds. The van der Waals surface area contributed by atoms with Crippen molar-refractivity contribution in [1.82, 2.24) is 10.6 Å². The number of hydrogen-bond acceptors (Lipinski definition) is 3. The van der Waals surface area contributed by atoms with Crippen LogP contribution in [0.15, 0.2) is 42.5 Å². The summed E-state index contributed by atoms with van der Waals surface area (Å²) in [6.07, 6.45) is 0.942. The van der Waals surface area contributed by atoms with Gasteiger partial charge in [-0.15, -0.1) is 0 Å². The normalized spacial score (nSPS) is 11.6. The molecule has 128 valence electrons. The van der Waals surface area contributed by atoms with E-state index < -0.39 is 0 Å². The molecule has 4 nitrogen and oxygen atoms in total. The first-order valence-corrected chi connectivity index (χ1v) is 8.41. The molecule has 1 atom stereocenters. The highest BCUT2D eigenvalue weighted by Crippen LogP contribution is 2.26. The Bertz CT molecular complexity index is 686. The molecular formula is C19H24N2O2S. The zero-order chi connectivity index (χ0) is 17.5. The lowest BCUT2D eigenvalue weighted by Crippen LogP contribution is -2.37. The third-order valence-corrected chi connectivity index (χ3v) is 4.15. The lowest BCUT2D eigenvalue weighted by atomic mass is 10.0. The first-order chi connectivity index (χ1) is 11.5. The van der Waals surface area contributed by atoms with Crippen molar-refractivity contribution >= 4 is 17.3 Å². The van der Waals surface area contributed by atoms with E-state index in [2.05, 4.69) is 48.7 Å². The number of aromatic hydroxyl groups is 1. The van der Waals surface area contributed by atoms with Crippen LogP contribution in [0.4, 0.5) is 0 Å². The monoisotopic (exact) mass is 344 g/mol. The van der Waals surface area contributed by atoms with Crippen LogP contribution in [0.3, 0.4) is 0 Å². The number of phenols is 1. The molecule has 3 N–H and O–H groups in total. The van der Waals surface area contributed by atoms with Gasteiger partial charge in [0.05, 0.1) is 13.2 Å². The van der Waals surface area contributed by atoms with Gasteiger partial charge in [0, 0.05) is 6.54 Å². The van der Waals surface area contributed by atoms with Crippen LogP contribution in [0.5, 0.6) is 11.5 Å². The second-order valence-electron chi connectivity index (χ2n) is 5.70. The van der Waals surface area contributed by atoms with Crippen molar-refractivity contribution in [2.75, 3.05) is 7.11 Å². The van der Waals surface area contributed by atoms with Gasteiger partial charge < -0.3 is 20.5 Å². The number of nitrogens with one attached hydrogen (secondary N) is 2. The molecule has 1 unspecified atom stereocenters. The molecule has 2 aromatic carbocycles. The van der Waals surface area contributed by atoms with E-state index in [1.807, 2.05) is 6.07 Å². The largest absolute Gasteiger partial charge is 0.504 e. The van der Waals surface area contributed by atoms with Crippen LogP contribution in [-0.4, -0.2) is 17.3 Å². The molecule has 0 fully saturated rings. The van der Waals surface area contributed by atoms with Crippen molar-refractivity contribution in [2.24, 2.45) is 0 Å². The molecule has 0 spiro atoms. The van der Waals surface area contributed by atoms with Gasteiger partial charge in [-0.05, 0) is 48.8 Å². The highest BCUT2D eigenvalue weighted by Gasteiger charge is 2.10. The Balaban J connectivity index is 1.93. The lowest BCUT2D eigenvalue weighted by molar-refractivity contribution is 0.373. The summed E-state index contributed by atoms with van der Waals surface area (Å²) in [6.45, 7) is 4.77. The number of phenolic OH excluding ortho intramolecular Hbond substituents is 1. The van der Waals surface area contributed by atoms with E-state index in [4.69, 9.17) is 17.0 Å². The van der Waals surface area contributed by atoms with Gasteiger partial charge >= 0.3 is 0 Å². The van der Waals surface area contributed by atoms with Gasteiger partial charge in [-0.1, -0.05) is 42.8 Å². The minimum Gasteiger partial charge on any atom is -0.504 e. The maximum atomic E-state index is 9.63. The van der Waals surface area contributed by atoms with Crippen LogP contribution in [0.1, 0.15) is 36.1 Å². The molecule has 2 rings (SSSR count). The van der Waals surface area contributed by atoms with E-state index in [0.29, 0.717) is 17.4 Å². The Labute approximate surface area is 148 Å². The van der Waals surface area contributed by atoms with Gasteiger partial charge in [0.2, 0.25) is 0 Å². The smallest absolute Gasteiger partial charge is 0.167 e. The second kappa shape index (κ2) is 8.55. The van der Waals surface area contributed by atoms with Gasteiger partial charge in [-0.25, -0.2) is 0 Å². The molecule has 0 saturated heterocycles.